The number of allylic oxidation sites excluding steroid dienone is 1. The van der Waals surface area contributed by atoms with E-state index < -0.39 is 0 Å². The van der Waals surface area contributed by atoms with Gasteiger partial charge in [0.2, 0.25) is 0 Å². The Hall–Kier alpha value is -1.87. The number of aromatic nitrogens is 1. The van der Waals surface area contributed by atoms with Crippen LogP contribution >= 0.6 is 0 Å². The highest BCUT2D eigenvalue weighted by Gasteiger charge is 2.05. The van der Waals surface area contributed by atoms with E-state index >= 15 is 0 Å². The van der Waals surface area contributed by atoms with Crippen molar-refractivity contribution in [1.29, 1.82) is 0 Å². The number of fused-ring (bicyclic) bond motifs is 1. The molecule has 0 fully saturated rings. The summed E-state index contributed by atoms with van der Waals surface area (Å²) in [4.78, 5) is 6.93. The average Bonchev–Trinajstić information content (AvgIpc) is 2.39. The number of unbranched alkanes of at least 4 members (excludes halogenated alkanes) is 1. The van der Waals surface area contributed by atoms with Gasteiger partial charge in [0.15, 0.2) is 0 Å². The quantitative estimate of drug-likeness (QED) is 0.636. The summed E-state index contributed by atoms with van der Waals surface area (Å²) in [5, 5.41) is 1.03. The van der Waals surface area contributed by atoms with Gasteiger partial charge in [0, 0.05) is 17.6 Å². The third kappa shape index (κ3) is 3.55. The van der Waals surface area contributed by atoms with Crippen molar-refractivity contribution in [2.24, 2.45) is 0 Å². The second kappa shape index (κ2) is 6.34. The summed E-state index contributed by atoms with van der Waals surface area (Å²) in [6.07, 6.45) is 4.14. The van der Waals surface area contributed by atoms with Crippen molar-refractivity contribution in [2.75, 3.05) is 19.3 Å². The number of nitrogen functional groups attached to an aromatic ring is 1. The molecule has 0 radical (unpaired) electrons. The van der Waals surface area contributed by atoms with Crippen LogP contribution in [0.15, 0.2) is 43.0 Å². The minimum Gasteiger partial charge on any atom is -0.398 e. The maximum atomic E-state index is 6.08. The summed E-state index contributed by atoms with van der Waals surface area (Å²) in [5.41, 5.74) is 8.88. The van der Waals surface area contributed by atoms with Crippen LogP contribution in [-0.4, -0.2) is 23.5 Å². The molecule has 1 heterocycles. The van der Waals surface area contributed by atoms with E-state index in [0.717, 1.165) is 48.2 Å². The van der Waals surface area contributed by atoms with Gasteiger partial charge in [-0.05, 0) is 38.6 Å². The minimum absolute atomic E-state index is 0.806. The largest absolute Gasteiger partial charge is 0.398 e. The number of pyridine rings is 1. The first-order chi connectivity index (χ1) is 9.20. The summed E-state index contributed by atoms with van der Waals surface area (Å²) < 4.78 is 0. The maximum absolute atomic E-state index is 6.08. The first-order valence-corrected chi connectivity index (χ1v) is 6.64. The summed E-state index contributed by atoms with van der Waals surface area (Å²) in [7, 11) is 2.11. The molecule has 2 N–H and O–H groups in total. The molecule has 0 aliphatic carbocycles. The van der Waals surface area contributed by atoms with Crippen molar-refractivity contribution in [2.45, 2.75) is 19.4 Å². The molecule has 0 unspecified atom stereocenters. The molecule has 0 saturated heterocycles. The van der Waals surface area contributed by atoms with E-state index in [0.29, 0.717) is 0 Å². The molecule has 1 aromatic carbocycles. The van der Waals surface area contributed by atoms with Crippen molar-refractivity contribution in [3.05, 3.63) is 48.7 Å². The summed E-state index contributed by atoms with van der Waals surface area (Å²) >= 11 is 0. The lowest BCUT2D eigenvalue weighted by molar-refractivity contribution is 0.320. The molecule has 100 valence electrons. The number of hydrogen-bond donors (Lipinski definition) is 1. The number of hydrogen-bond acceptors (Lipinski definition) is 3. The Morgan fingerprint density at radius 1 is 1.37 bits per heavy atom. The van der Waals surface area contributed by atoms with E-state index in [-0.39, 0.29) is 0 Å². The molecule has 2 rings (SSSR count). The van der Waals surface area contributed by atoms with Gasteiger partial charge in [0.25, 0.3) is 0 Å². The molecular formula is C16H21N3. The fraction of sp³-hybridized carbons (Fsp3) is 0.312. The Kier molecular flexibility index (Phi) is 4.53. The first-order valence-electron chi connectivity index (χ1n) is 6.64. The summed E-state index contributed by atoms with van der Waals surface area (Å²) in [6, 6.07) is 9.97. The Labute approximate surface area is 114 Å². The maximum Gasteiger partial charge on any atom is 0.0726 e. The molecule has 0 spiro atoms. The number of nitrogens with zero attached hydrogens (tertiary/aromatic N) is 2. The van der Waals surface area contributed by atoms with Crippen molar-refractivity contribution >= 4 is 16.6 Å². The zero-order valence-electron chi connectivity index (χ0n) is 11.5. The van der Waals surface area contributed by atoms with Crippen LogP contribution in [0.1, 0.15) is 18.5 Å². The minimum atomic E-state index is 0.806. The van der Waals surface area contributed by atoms with Crippen LogP contribution in [0.25, 0.3) is 10.9 Å². The van der Waals surface area contributed by atoms with E-state index in [1.807, 2.05) is 36.4 Å². The van der Waals surface area contributed by atoms with Crippen LogP contribution in [-0.2, 0) is 6.54 Å². The van der Waals surface area contributed by atoms with Gasteiger partial charge in [-0.3, -0.25) is 4.98 Å². The SMILES string of the molecule is C=CCCCN(C)Cc1cc(N)c2ccccc2n1. The van der Waals surface area contributed by atoms with Gasteiger partial charge in [0.05, 0.1) is 11.2 Å². The van der Waals surface area contributed by atoms with Crippen LogP contribution in [0, 0.1) is 0 Å². The second-order valence-electron chi connectivity index (χ2n) is 4.89. The second-order valence-corrected chi connectivity index (χ2v) is 4.89. The average molecular weight is 255 g/mol. The summed E-state index contributed by atoms with van der Waals surface area (Å²) in [6.45, 7) is 5.61. The fourth-order valence-corrected chi connectivity index (χ4v) is 2.20. The first kappa shape index (κ1) is 13.6. The summed E-state index contributed by atoms with van der Waals surface area (Å²) in [5.74, 6) is 0. The molecule has 0 bridgehead atoms. The van der Waals surface area contributed by atoms with Crippen LogP contribution in [0.3, 0.4) is 0 Å². The lowest BCUT2D eigenvalue weighted by Gasteiger charge is -2.16. The van der Waals surface area contributed by atoms with Crippen molar-refractivity contribution < 1.29 is 0 Å². The Bertz CT molecular complexity index is 563. The topological polar surface area (TPSA) is 42.1 Å². The van der Waals surface area contributed by atoms with E-state index in [1.165, 1.54) is 0 Å². The standard InChI is InChI=1S/C16H21N3/c1-3-4-7-10-19(2)12-13-11-15(17)14-8-5-6-9-16(14)18-13/h3,5-6,8-9,11H,1,4,7,10,12H2,2H3,(H2,17,18). The predicted octanol–water partition coefficient (Wildman–Crippen LogP) is 3.22. The monoisotopic (exact) mass is 255 g/mol. The third-order valence-corrected chi connectivity index (χ3v) is 3.18. The van der Waals surface area contributed by atoms with Crippen molar-refractivity contribution in [1.82, 2.24) is 9.88 Å². The highest BCUT2D eigenvalue weighted by Crippen LogP contribution is 2.20. The van der Waals surface area contributed by atoms with E-state index in [4.69, 9.17) is 5.73 Å². The molecule has 0 atom stereocenters. The van der Waals surface area contributed by atoms with Gasteiger partial charge in [-0.1, -0.05) is 24.3 Å². The van der Waals surface area contributed by atoms with Gasteiger partial charge >= 0.3 is 0 Å². The molecule has 0 amide bonds. The normalized spacial score (nSPS) is 11.1. The zero-order valence-corrected chi connectivity index (χ0v) is 11.5. The van der Waals surface area contributed by atoms with Crippen LogP contribution in [0.4, 0.5) is 5.69 Å². The van der Waals surface area contributed by atoms with Crippen LogP contribution < -0.4 is 5.73 Å². The number of para-hydroxylation sites is 1. The Morgan fingerprint density at radius 3 is 2.95 bits per heavy atom. The van der Waals surface area contributed by atoms with Gasteiger partial charge in [-0.25, -0.2) is 0 Å². The smallest absolute Gasteiger partial charge is 0.0726 e. The van der Waals surface area contributed by atoms with Crippen LogP contribution in [0.2, 0.25) is 0 Å². The number of benzene rings is 1. The molecule has 0 aliphatic heterocycles. The Morgan fingerprint density at radius 2 is 2.16 bits per heavy atom. The van der Waals surface area contributed by atoms with E-state index in [2.05, 4.69) is 23.5 Å². The fourth-order valence-electron chi connectivity index (χ4n) is 2.20. The highest BCUT2D eigenvalue weighted by atomic mass is 15.1. The van der Waals surface area contributed by atoms with Gasteiger partial charge in [-0.2, -0.15) is 0 Å². The van der Waals surface area contributed by atoms with Gasteiger partial charge in [-0.15, -0.1) is 6.58 Å². The van der Waals surface area contributed by atoms with Crippen LogP contribution in [0.5, 0.6) is 0 Å². The molecule has 0 saturated carbocycles. The highest BCUT2D eigenvalue weighted by molar-refractivity contribution is 5.90. The molecule has 0 aliphatic rings. The van der Waals surface area contributed by atoms with Gasteiger partial charge < -0.3 is 10.6 Å². The molecule has 19 heavy (non-hydrogen) atoms. The van der Waals surface area contributed by atoms with E-state index in [1.54, 1.807) is 0 Å². The zero-order chi connectivity index (χ0) is 13.7. The van der Waals surface area contributed by atoms with Crippen molar-refractivity contribution in [3.8, 4) is 0 Å². The number of rotatable bonds is 6. The Balaban J connectivity index is 2.10. The number of nitrogens with two attached hydrogens (primary N) is 1. The molecule has 3 heteroatoms. The number of anilines is 1. The predicted molar refractivity (Wildman–Crippen MR) is 81.9 cm³/mol. The lowest BCUT2D eigenvalue weighted by Crippen LogP contribution is -2.19. The molecular weight excluding hydrogens is 234 g/mol. The van der Waals surface area contributed by atoms with Gasteiger partial charge in [0.1, 0.15) is 0 Å². The lowest BCUT2D eigenvalue weighted by atomic mass is 10.1. The molecule has 1 aromatic heterocycles. The molecule has 2 aromatic rings. The molecule has 3 nitrogen and oxygen atoms in total. The van der Waals surface area contributed by atoms with Crippen molar-refractivity contribution in [3.63, 3.8) is 0 Å². The van der Waals surface area contributed by atoms with E-state index in [9.17, 15) is 0 Å². The third-order valence-electron chi connectivity index (χ3n) is 3.18.